The van der Waals surface area contributed by atoms with Crippen LogP contribution in [0.3, 0.4) is 0 Å². The molecule has 23 heavy (non-hydrogen) atoms. The van der Waals surface area contributed by atoms with Crippen molar-refractivity contribution in [2.75, 3.05) is 13.1 Å². The third-order valence-electron chi connectivity index (χ3n) is 4.79. The van der Waals surface area contributed by atoms with E-state index in [1.807, 2.05) is 0 Å². The number of urea groups is 1. The number of carbonyl (C=O) groups is 2. The summed E-state index contributed by atoms with van der Waals surface area (Å²) in [6.07, 6.45) is 2.95. The number of amides is 3. The van der Waals surface area contributed by atoms with Gasteiger partial charge in [0.25, 0.3) is 0 Å². The summed E-state index contributed by atoms with van der Waals surface area (Å²) in [5.41, 5.74) is 6.28. The third kappa shape index (κ3) is 4.00. The fourth-order valence-electron chi connectivity index (χ4n) is 3.31. The smallest absolute Gasteiger partial charge is 0.317 e. The zero-order chi connectivity index (χ0) is 16.4. The van der Waals surface area contributed by atoms with E-state index in [2.05, 4.69) is 5.32 Å². The van der Waals surface area contributed by atoms with Gasteiger partial charge in [0.15, 0.2) is 0 Å². The van der Waals surface area contributed by atoms with Gasteiger partial charge in [0.05, 0.1) is 0 Å². The van der Waals surface area contributed by atoms with Crippen molar-refractivity contribution in [1.29, 1.82) is 0 Å². The summed E-state index contributed by atoms with van der Waals surface area (Å²) in [4.78, 5) is 25.0. The number of nitrogens with one attached hydrogen (secondary N) is 1. The van der Waals surface area contributed by atoms with Gasteiger partial charge in [-0.2, -0.15) is 0 Å². The molecule has 3 N–H and O–H groups in total. The average Bonchev–Trinajstić information content (AvgIpc) is 3.27. The minimum atomic E-state index is -0.270. The molecule has 2 atom stereocenters. The van der Waals surface area contributed by atoms with E-state index in [4.69, 9.17) is 5.73 Å². The number of carbonyl (C=O) groups excluding carboxylic acids is 2. The van der Waals surface area contributed by atoms with Gasteiger partial charge in [0.1, 0.15) is 5.82 Å². The van der Waals surface area contributed by atoms with Gasteiger partial charge in [0, 0.05) is 31.5 Å². The molecule has 0 aromatic heterocycles. The first kappa shape index (κ1) is 15.8. The summed E-state index contributed by atoms with van der Waals surface area (Å²) in [5, 5.41) is 3.04. The maximum Gasteiger partial charge on any atom is 0.317 e. The second-order valence-electron chi connectivity index (χ2n) is 6.55. The number of nitrogens with two attached hydrogens (primary N) is 1. The van der Waals surface area contributed by atoms with Crippen molar-refractivity contribution in [3.63, 3.8) is 0 Å². The number of rotatable bonds is 4. The van der Waals surface area contributed by atoms with Crippen molar-refractivity contribution in [2.24, 2.45) is 11.7 Å². The van der Waals surface area contributed by atoms with Crippen LogP contribution in [-0.4, -0.2) is 36.0 Å². The fourth-order valence-corrected chi connectivity index (χ4v) is 3.31. The molecule has 3 amide bonds. The highest BCUT2D eigenvalue weighted by Gasteiger charge is 2.40. The molecule has 124 valence electrons. The molecule has 0 bridgehead atoms. The molecule has 1 saturated carbocycles. The minimum Gasteiger partial charge on any atom is -0.370 e. The number of halogens is 1. The van der Waals surface area contributed by atoms with Crippen molar-refractivity contribution in [3.8, 4) is 0 Å². The molecule has 2 fully saturated rings. The third-order valence-corrected chi connectivity index (χ3v) is 4.79. The largest absolute Gasteiger partial charge is 0.370 e. The summed E-state index contributed by atoms with van der Waals surface area (Å²) in [5.74, 6) is 0.0678. The Kier molecular flexibility index (Phi) is 4.50. The number of primary amides is 1. The summed E-state index contributed by atoms with van der Waals surface area (Å²) in [7, 11) is 0. The first-order valence-corrected chi connectivity index (χ1v) is 8.12. The molecule has 5 nitrogen and oxygen atoms in total. The summed E-state index contributed by atoms with van der Waals surface area (Å²) in [6.45, 7) is 1.33. The molecular weight excluding hydrogens is 297 g/mol. The molecule has 0 spiro atoms. The molecule has 1 aliphatic carbocycles. The molecule has 1 aromatic rings. The number of hydrogen-bond donors (Lipinski definition) is 2. The predicted molar refractivity (Wildman–Crippen MR) is 84.2 cm³/mol. The molecule has 1 aliphatic heterocycles. The van der Waals surface area contributed by atoms with E-state index in [1.165, 1.54) is 12.1 Å². The van der Waals surface area contributed by atoms with Gasteiger partial charge >= 0.3 is 6.03 Å². The van der Waals surface area contributed by atoms with E-state index < -0.39 is 0 Å². The Balaban J connectivity index is 1.44. The van der Waals surface area contributed by atoms with E-state index in [0.29, 0.717) is 25.4 Å². The molecule has 1 saturated heterocycles. The Morgan fingerprint density at radius 1 is 1.22 bits per heavy atom. The van der Waals surface area contributed by atoms with Gasteiger partial charge in [-0.15, -0.1) is 0 Å². The number of likely N-dealkylation sites (tertiary alicyclic amines) is 1. The van der Waals surface area contributed by atoms with E-state index in [-0.39, 0.29) is 29.7 Å². The lowest BCUT2D eigenvalue weighted by Crippen LogP contribution is -2.45. The van der Waals surface area contributed by atoms with Crippen LogP contribution >= 0.6 is 0 Å². The van der Waals surface area contributed by atoms with Crippen molar-refractivity contribution in [1.82, 2.24) is 10.2 Å². The fraction of sp³-hybridized carbons (Fsp3) is 0.529. The van der Waals surface area contributed by atoms with Gasteiger partial charge in [0.2, 0.25) is 5.91 Å². The van der Waals surface area contributed by atoms with Crippen LogP contribution in [0.2, 0.25) is 0 Å². The molecule has 0 unspecified atom stereocenters. The van der Waals surface area contributed by atoms with Crippen LogP contribution in [0.1, 0.15) is 37.2 Å². The normalized spacial score (nSPS) is 24.3. The Labute approximate surface area is 135 Å². The Morgan fingerprint density at radius 3 is 2.48 bits per heavy atom. The molecule has 0 radical (unpaired) electrons. The Hall–Kier alpha value is -2.11. The minimum absolute atomic E-state index is 0.0443. The van der Waals surface area contributed by atoms with Gasteiger partial charge < -0.3 is 16.0 Å². The van der Waals surface area contributed by atoms with E-state index in [0.717, 1.165) is 24.8 Å². The lowest BCUT2D eigenvalue weighted by molar-refractivity contribution is -0.119. The highest BCUT2D eigenvalue weighted by molar-refractivity contribution is 5.76. The monoisotopic (exact) mass is 319 g/mol. The standard InChI is InChI=1S/C17H22FN3O2/c18-13-3-1-12(2-4-13)14-10-15(14)20-17(23)21-7-5-11(6-8-21)9-16(19)22/h1-4,11,14-15H,5-10H2,(H2,19,22)(H,20,23)/t14-,15+/m1/s1. The molecular formula is C17H22FN3O2. The topological polar surface area (TPSA) is 75.4 Å². The van der Waals surface area contributed by atoms with Crippen molar-refractivity contribution >= 4 is 11.9 Å². The van der Waals surface area contributed by atoms with E-state index >= 15 is 0 Å². The Morgan fingerprint density at radius 2 is 1.87 bits per heavy atom. The van der Waals surface area contributed by atoms with Crippen LogP contribution in [0.4, 0.5) is 9.18 Å². The van der Waals surface area contributed by atoms with Crippen LogP contribution in [0, 0.1) is 11.7 Å². The van der Waals surface area contributed by atoms with Gasteiger partial charge in [-0.25, -0.2) is 9.18 Å². The quantitative estimate of drug-likeness (QED) is 0.890. The zero-order valence-electron chi connectivity index (χ0n) is 13.0. The summed E-state index contributed by atoms with van der Waals surface area (Å²) >= 11 is 0. The maximum absolute atomic E-state index is 12.9. The highest BCUT2D eigenvalue weighted by atomic mass is 19.1. The SMILES string of the molecule is NC(=O)CC1CCN(C(=O)N[C@H]2C[C@@H]2c2ccc(F)cc2)CC1. The summed E-state index contributed by atoms with van der Waals surface area (Å²) < 4.78 is 12.9. The van der Waals surface area contributed by atoms with Crippen LogP contribution < -0.4 is 11.1 Å². The number of piperidine rings is 1. The number of hydrogen-bond acceptors (Lipinski definition) is 2. The van der Waals surface area contributed by atoms with Crippen LogP contribution in [-0.2, 0) is 4.79 Å². The average molecular weight is 319 g/mol. The van der Waals surface area contributed by atoms with Crippen molar-refractivity contribution in [3.05, 3.63) is 35.6 Å². The van der Waals surface area contributed by atoms with Crippen LogP contribution in [0.25, 0.3) is 0 Å². The first-order chi connectivity index (χ1) is 11.0. The molecule has 6 heteroatoms. The highest BCUT2D eigenvalue weighted by Crippen LogP contribution is 2.40. The van der Waals surface area contributed by atoms with Gasteiger partial charge in [-0.3, -0.25) is 4.79 Å². The van der Waals surface area contributed by atoms with Crippen LogP contribution in [0.15, 0.2) is 24.3 Å². The zero-order valence-corrected chi connectivity index (χ0v) is 13.0. The number of benzene rings is 1. The number of nitrogens with zero attached hydrogens (tertiary/aromatic N) is 1. The second kappa shape index (κ2) is 6.56. The lowest BCUT2D eigenvalue weighted by Gasteiger charge is -2.31. The van der Waals surface area contributed by atoms with Gasteiger partial charge in [-0.05, 0) is 42.9 Å². The predicted octanol–water partition coefficient (Wildman–Crippen LogP) is 1.98. The first-order valence-electron chi connectivity index (χ1n) is 8.12. The molecule has 3 rings (SSSR count). The van der Waals surface area contributed by atoms with Crippen molar-refractivity contribution < 1.29 is 14.0 Å². The molecule has 1 heterocycles. The maximum atomic E-state index is 12.9. The lowest BCUT2D eigenvalue weighted by atomic mass is 9.93. The summed E-state index contributed by atoms with van der Waals surface area (Å²) in [6, 6.07) is 6.56. The second-order valence-corrected chi connectivity index (χ2v) is 6.55. The Bertz CT molecular complexity index is 582. The van der Waals surface area contributed by atoms with Gasteiger partial charge in [-0.1, -0.05) is 12.1 Å². The van der Waals surface area contributed by atoms with Crippen LogP contribution in [0.5, 0.6) is 0 Å². The molecule has 2 aliphatic rings. The van der Waals surface area contributed by atoms with E-state index in [1.54, 1.807) is 17.0 Å². The van der Waals surface area contributed by atoms with E-state index in [9.17, 15) is 14.0 Å². The molecule has 1 aromatic carbocycles. The van der Waals surface area contributed by atoms with Crippen molar-refractivity contribution in [2.45, 2.75) is 37.6 Å².